The molecule has 3 aromatic carbocycles. The van der Waals surface area contributed by atoms with Gasteiger partial charge in [-0.2, -0.15) is 13.7 Å². The molecule has 36 heavy (non-hydrogen) atoms. The molecule has 0 unspecified atom stereocenters. The van der Waals surface area contributed by atoms with Gasteiger partial charge in [0.15, 0.2) is 11.5 Å². The normalized spacial score (nSPS) is 11.4. The Morgan fingerprint density at radius 2 is 1.81 bits per heavy atom. The van der Waals surface area contributed by atoms with E-state index in [1.165, 1.54) is 31.4 Å². The molecule has 0 spiro atoms. The van der Waals surface area contributed by atoms with Gasteiger partial charge in [-0.05, 0) is 84.5 Å². The minimum absolute atomic E-state index is 0.00935. The summed E-state index contributed by atoms with van der Waals surface area (Å²) in [6.07, 6.45) is 1.38. The van der Waals surface area contributed by atoms with Crippen LogP contribution in [0.2, 0.25) is 0 Å². The molecule has 1 N–H and O–H groups in total. The first-order valence-corrected chi connectivity index (χ1v) is 13.2. The number of carbonyl (C=O) groups excluding carboxylic acids is 1. The maximum atomic E-state index is 12.8. The van der Waals surface area contributed by atoms with Crippen LogP contribution in [0.4, 0.5) is 5.69 Å². The zero-order valence-corrected chi connectivity index (χ0v) is 22.7. The summed E-state index contributed by atoms with van der Waals surface area (Å²) in [5.41, 5.74) is 1.62. The number of amides is 1. The fourth-order valence-electron chi connectivity index (χ4n) is 3.13. The van der Waals surface area contributed by atoms with Crippen molar-refractivity contribution in [3.05, 3.63) is 80.9 Å². The average molecular weight is 618 g/mol. The van der Waals surface area contributed by atoms with Gasteiger partial charge in [-0.1, -0.05) is 29.8 Å². The molecule has 186 valence electrons. The van der Waals surface area contributed by atoms with E-state index in [1.807, 2.05) is 35.6 Å². The number of benzene rings is 3. The Kier molecular flexibility index (Phi) is 8.95. The van der Waals surface area contributed by atoms with Crippen LogP contribution in [0.15, 0.2) is 71.1 Å². The number of rotatable bonds is 9. The maximum absolute atomic E-state index is 12.8. The Labute approximate surface area is 223 Å². The van der Waals surface area contributed by atoms with E-state index in [0.29, 0.717) is 20.6 Å². The van der Waals surface area contributed by atoms with E-state index >= 15 is 0 Å². The number of nitrogens with one attached hydrogen (secondary N) is 1. The second kappa shape index (κ2) is 11.9. The molecule has 8 nitrogen and oxygen atoms in total. The Bertz CT molecular complexity index is 1440. The lowest BCUT2D eigenvalue weighted by atomic mass is 10.1. The summed E-state index contributed by atoms with van der Waals surface area (Å²) in [6, 6.07) is 18.1. The van der Waals surface area contributed by atoms with Crippen LogP contribution in [0.5, 0.6) is 17.2 Å². The number of nitrogens with zero attached hydrogens (tertiary/aromatic N) is 1. The summed E-state index contributed by atoms with van der Waals surface area (Å²) in [7, 11) is -2.64. The molecule has 10 heteroatoms. The largest absolute Gasteiger partial charge is 0.495 e. The highest BCUT2D eigenvalue weighted by molar-refractivity contribution is 14.1. The number of para-hydroxylation sites is 2. The Balaban J connectivity index is 1.94. The molecule has 0 aliphatic heterocycles. The maximum Gasteiger partial charge on any atom is 0.339 e. The molecule has 0 atom stereocenters. The van der Waals surface area contributed by atoms with Gasteiger partial charge >= 0.3 is 10.1 Å². The van der Waals surface area contributed by atoms with Crippen LogP contribution in [0.3, 0.4) is 0 Å². The first kappa shape index (κ1) is 27.0. The van der Waals surface area contributed by atoms with Crippen molar-refractivity contribution in [2.75, 3.05) is 19.0 Å². The van der Waals surface area contributed by atoms with Crippen LogP contribution in [-0.4, -0.2) is 28.0 Å². The predicted molar refractivity (Wildman–Crippen MR) is 145 cm³/mol. The molecule has 3 rings (SSSR count). The lowest BCUT2D eigenvalue weighted by Gasteiger charge is -2.15. The van der Waals surface area contributed by atoms with E-state index in [9.17, 15) is 18.5 Å². The zero-order valence-electron chi connectivity index (χ0n) is 19.7. The van der Waals surface area contributed by atoms with E-state index < -0.39 is 16.0 Å². The summed E-state index contributed by atoms with van der Waals surface area (Å²) in [4.78, 5) is 12.8. The van der Waals surface area contributed by atoms with Crippen LogP contribution in [0.25, 0.3) is 6.08 Å². The molecule has 0 aromatic heterocycles. The van der Waals surface area contributed by atoms with Gasteiger partial charge in [0.25, 0.3) is 5.91 Å². The zero-order chi connectivity index (χ0) is 26.3. The number of ether oxygens (including phenoxy) is 2. The number of hydrogen-bond donors (Lipinski definition) is 1. The Morgan fingerprint density at radius 3 is 2.44 bits per heavy atom. The van der Waals surface area contributed by atoms with Crippen molar-refractivity contribution in [1.82, 2.24) is 0 Å². The number of hydrogen-bond acceptors (Lipinski definition) is 7. The summed E-state index contributed by atoms with van der Waals surface area (Å²) in [5.74, 6) is 0.00534. The summed E-state index contributed by atoms with van der Waals surface area (Å²) < 4.78 is 42.4. The van der Waals surface area contributed by atoms with E-state index in [1.54, 1.807) is 49.4 Å². The summed E-state index contributed by atoms with van der Waals surface area (Å²) in [5, 5.41) is 12.3. The molecule has 0 saturated carbocycles. The molecule has 0 fully saturated rings. The molecule has 0 radical (unpaired) electrons. The van der Waals surface area contributed by atoms with Crippen LogP contribution in [0, 0.1) is 21.8 Å². The smallest absolute Gasteiger partial charge is 0.339 e. The molecule has 3 aromatic rings. The van der Waals surface area contributed by atoms with Gasteiger partial charge in [0.05, 0.1) is 23.0 Å². The second-order valence-electron chi connectivity index (χ2n) is 7.44. The van der Waals surface area contributed by atoms with Crippen molar-refractivity contribution >= 4 is 50.4 Å². The third-order valence-electron chi connectivity index (χ3n) is 4.87. The van der Waals surface area contributed by atoms with Crippen molar-refractivity contribution in [3.63, 3.8) is 0 Å². The lowest BCUT2D eigenvalue weighted by molar-refractivity contribution is -0.112. The second-order valence-corrected chi connectivity index (χ2v) is 10.1. The quantitative estimate of drug-likeness (QED) is 0.149. The van der Waals surface area contributed by atoms with Gasteiger partial charge < -0.3 is 19.0 Å². The number of methoxy groups -OCH3 is 1. The van der Waals surface area contributed by atoms with Gasteiger partial charge in [-0.15, -0.1) is 0 Å². The molecule has 0 heterocycles. The standard InChI is InChI=1S/C26H23IN2O6S/c1-4-34-24-15-18(13-19(16-28)26(30)29-22-7-5-6-8-23(22)33-3)14-21(27)25(24)35-36(31,32)20-11-9-17(2)10-12-20/h5-15H,4H2,1-3H3,(H,29,30)/b19-13+. The number of nitriles is 1. The monoisotopic (exact) mass is 618 g/mol. The number of aryl methyl sites for hydroxylation is 1. The van der Waals surface area contributed by atoms with Crippen molar-refractivity contribution in [1.29, 1.82) is 5.26 Å². The van der Waals surface area contributed by atoms with Gasteiger partial charge in [0, 0.05) is 0 Å². The van der Waals surface area contributed by atoms with Crippen LogP contribution >= 0.6 is 22.6 Å². The fourth-order valence-corrected chi connectivity index (χ4v) is 4.97. The number of carbonyl (C=O) groups is 1. The van der Waals surface area contributed by atoms with Crippen molar-refractivity contribution in [2.45, 2.75) is 18.7 Å². The van der Waals surface area contributed by atoms with E-state index in [0.717, 1.165) is 5.56 Å². The van der Waals surface area contributed by atoms with Crippen LogP contribution < -0.4 is 19.0 Å². The van der Waals surface area contributed by atoms with Crippen molar-refractivity contribution in [2.24, 2.45) is 0 Å². The average Bonchev–Trinajstić information content (AvgIpc) is 2.85. The molecular formula is C26H23IN2O6S. The third-order valence-corrected chi connectivity index (χ3v) is 6.90. The van der Waals surface area contributed by atoms with Gasteiger partial charge in [-0.3, -0.25) is 4.79 Å². The van der Waals surface area contributed by atoms with E-state index in [2.05, 4.69) is 5.32 Å². The van der Waals surface area contributed by atoms with Crippen molar-refractivity contribution < 1.29 is 26.9 Å². The highest BCUT2D eigenvalue weighted by atomic mass is 127. The molecule has 0 bridgehead atoms. The topological polar surface area (TPSA) is 115 Å². The van der Waals surface area contributed by atoms with Gasteiger partial charge in [0.2, 0.25) is 0 Å². The SMILES string of the molecule is CCOc1cc(/C=C(\C#N)C(=O)Nc2ccccc2OC)cc(I)c1OS(=O)(=O)c1ccc(C)cc1. The Morgan fingerprint density at radius 1 is 1.11 bits per heavy atom. The van der Waals surface area contributed by atoms with Crippen LogP contribution in [0.1, 0.15) is 18.1 Å². The molecule has 0 aliphatic carbocycles. The Hall–Kier alpha value is -3.56. The number of halogens is 1. The third kappa shape index (κ3) is 6.56. The van der Waals surface area contributed by atoms with Crippen molar-refractivity contribution in [3.8, 4) is 23.3 Å². The molecule has 0 saturated heterocycles. The fraction of sp³-hybridized carbons (Fsp3) is 0.154. The summed E-state index contributed by atoms with van der Waals surface area (Å²) >= 11 is 1.92. The first-order valence-electron chi connectivity index (χ1n) is 10.7. The first-order chi connectivity index (χ1) is 17.2. The molecule has 1 amide bonds. The minimum atomic E-state index is -4.12. The molecular weight excluding hydrogens is 595 g/mol. The molecule has 0 aliphatic rings. The van der Waals surface area contributed by atoms with Gasteiger partial charge in [0.1, 0.15) is 22.3 Å². The van der Waals surface area contributed by atoms with Crippen LogP contribution in [-0.2, 0) is 14.9 Å². The highest BCUT2D eigenvalue weighted by Crippen LogP contribution is 2.37. The highest BCUT2D eigenvalue weighted by Gasteiger charge is 2.22. The lowest BCUT2D eigenvalue weighted by Crippen LogP contribution is -2.14. The van der Waals surface area contributed by atoms with E-state index in [-0.39, 0.29) is 28.6 Å². The van der Waals surface area contributed by atoms with Gasteiger partial charge in [-0.25, -0.2) is 0 Å². The predicted octanol–water partition coefficient (Wildman–Crippen LogP) is 5.32. The number of anilines is 1. The van der Waals surface area contributed by atoms with E-state index in [4.69, 9.17) is 13.7 Å². The summed E-state index contributed by atoms with van der Waals surface area (Å²) in [6.45, 7) is 3.84. The minimum Gasteiger partial charge on any atom is -0.495 e.